The van der Waals surface area contributed by atoms with Crippen LogP contribution < -0.4 is 0 Å². The normalized spacial score (nSPS) is 11.5. The van der Waals surface area contributed by atoms with E-state index in [1.165, 1.54) is 0 Å². The van der Waals surface area contributed by atoms with Crippen LogP contribution >= 0.6 is 23.2 Å². The number of nitrogens with zero attached hydrogens (tertiary/aromatic N) is 1. The van der Waals surface area contributed by atoms with Crippen LogP contribution in [0.2, 0.25) is 10.2 Å². The number of aromatic nitrogens is 1. The molecule has 3 heteroatoms. The van der Waals surface area contributed by atoms with Crippen LogP contribution in [-0.2, 0) is 0 Å². The van der Waals surface area contributed by atoms with E-state index in [2.05, 4.69) is 29.2 Å². The van der Waals surface area contributed by atoms with Gasteiger partial charge in [0.2, 0.25) is 0 Å². The van der Waals surface area contributed by atoms with Gasteiger partial charge in [-0.1, -0.05) is 65.7 Å². The second-order valence-corrected chi connectivity index (χ2v) is 5.57. The van der Waals surface area contributed by atoms with Crippen molar-refractivity contribution in [1.82, 2.24) is 4.98 Å². The minimum Gasteiger partial charge on any atom is -0.235 e. The molecule has 0 N–H and O–H groups in total. The third-order valence-electron chi connectivity index (χ3n) is 3.60. The molecule has 4 aromatic rings. The molecule has 1 nitrogen and oxygen atoms in total. The Morgan fingerprint density at radius 2 is 1.50 bits per heavy atom. The number of hydrogen-bond acceptors (Lipinski definition) is 1. The first-order valence-electron chi connectivity index (χ1n) is 6.30. The Labute approximate surface area is 125 Å². The maximum Gasteiger partial charge on any atom is 0.137 e. The fourth-order valence-electron chi connectivity index (χ4n) is 2.67. The fourth-order valence-corrected chi connectivity index (χ4v) is 3.09. The smallest absolute Gasteiger partial charge is 0.137 e. The average Bonchev–Trinajstić information content (AvgIpc) is 2.47. The summed E-state index contributed by atoms with van der Waals surface area (Å²) in [6, 6.07) is 18.1. The van der Waals surface area contributed by atoms with Gasteiger partial charge in [0.05, 0.1) is 5.52 Å². The molecule has 1 aromatic heterocycles. The van der Waals surface area contributed by atoms with Gasteiger partial charge >= 0.3 is 0 Å². The summed E-state index contributed by atoms with van der Waals surface area (Å²) in [5, 5.41) is 6.50. The van der Waals surface area contributed by atoms with Crippen molar-refractivity contribution in [2.45, 2.75) is 0 Å². The number of halogens is 2. The number of pyridine rings is 1. The Kier molecular flexibility index (Phi) is 2.59. The van der Waals surface area contributed by atoms with Crippen LogP contribution in [0.15, 0.2) is 54.6 Å². The zero-order valence-corrected chi connectivity index (χ0v) is 11.9. The molecule has 0 aliphatic rings. The van der Waals surface area contributed by atoms with Crippen LogP contribution in [0.1, 0.15) is 0 Å². The molecule has 3 aromatic carbocycles. The van der Waals surface area contributed by atoms with Gasteiger partial charge in [-0.3, -0.25) is 0 Å². The highest BCUT2D eigenvalue weighted by molar-refractivity contribution is 6.38. The van der Waals surface area contributed by atoms with Crippen molar-refractivity contribution < 1.29 is 0 Å². The molecular formula is C17H9Cl2N. The van der Waals surface area contributed by atoms with E-state index in [4.69, 9.17) is 23.2 Å². The lowest BCUT2D eigenvalue weighted by molar-refractivity contribution is 1.46. The van der Waals surface area contributed by atoms with Gasteiger partial charge in [-0.05, 0) is 22.9 Å². The first-order chi connectivity index (χ1) is 9.74. The van der Waals surface area contributed by atoms with Crippen LogP contribution in [0, 0.1) is 0 Å². The van der Waals surface area contributed by atoms with Crippen LogP contribution in [-0.4, -0.2) is 4.98 Å². The van der Waals surface area contributed by atoms with E-state index in [9.17, 15) is 0 Å². The van der Waals surface area contributed by atoms with Crippen LogP contribution in [0.4, 0.5) is 0 Å². The number of fused-ring (bicyclic) bond motifs is 5. The summed E-state index contributed by atoms with van der Waals surface area (Å²) in [5.74, 6) is 0. The molecule has 0 atom stereocenters. The molecule has 0 unspecified atom stereocenters. The molecular weight excluding hydrogens is 289 g/mol. The summed E-state index contributed by atoms with van der Waals surface area (Å²) < 4.78 is 0. The van der Waals surface area contributed by atoms with Crippen molar-refractivity contribution in [3.8, 4) is 0 Å². The molecule has 0 fully saturated rings. The molecule has 1 heterocycles. The van der Waals surface area contributed by atoms with E-state index in [1.807, 2.05) is 30.3 Å². The molecule has 0 radical (unpaired) electrons. The van der Waals surface area contributed by atoms with Gasteiger partial charge in [0.1, 0.15) is 5.15 Å². The Hall–Kier alpha value is -1.83. The number of rotatable bonds is 0. The largest absolute Gasteiger partial charge is 0.235 e. The quantitative estimate of drug-likeness (QED) is 0.293. The van der Waals surface area contributed by atoms with Crippen molar-refractivity contribution in [3.05, 3.63) is 64.8 Å². The van der Waals surface area contributed by atoms with Crippen LogP contribution in [0.25, 0.3) is 32.4 Å². The zero-order chi connectivity index (χ0) is 13.7. The molecule has 0 spiro atoms. The molecule has 20 heavy (non-hydrogen) atoms. The highest BCUT2D eigenvalue weighted by Crippen LogP contribution is 2.34. The van der Waals surface area contributed by atoms with Crippen molar-refractivity contribution in [3.63, 3.8) is 0 Å². The minimum atomic E-state index is 0.492. The second kappa shape index (κ2) is 4.34. The van der Waals surface area contributed by atoms with Crippen molar-refractivity contribution >= 4 is 55.6 Å². The lowest BCUT2D eigenvalue weighted by Gasteiger charge is -2.08. The monoisotopic (exact) mass is 297 g/mol. The molecule has 0 amide bonds. The van der Waals surface area contributed by atoms with E-state index < -0.39 is 0 Å². The van der Waals surface area contributed by atoms with E-state index in [0.717, 1.165) is 32.4 Å². The Morgan fingerprint density at radius 3 is 2.40 bits per heavy atom. The summed E-state index contributed by atoms with van der Waals surface area (Å²) in [7, 11) is 0. The first kappa shape index (κ1) is 12.0. The van der Waals surface area contributed by atoms with E-state index in [1.54, 1.807) is 0 Å². The molecule has 4 rings (SSSR count). The molecule has 0 saturated carbocycles. The average molecular weight is 298 g/mol. The highest BCUT2D eigenvalue weighted by Gasteiger charge is 2.09. The Balaban J connectivity index is 2.30. The summed E-state index contributed by atoms with van der Waals surface area (Å²) in [6.45, 7) is 0. The van der Waals surface area contributed by atoms with E-state index >= 15 is 0 Å². The summed E-state index contributed by atoms with van der Waals surface area (Å²) in [4.78, 5) is 4.58. The maximum absolute atomic E-state index is 6.34. The summed E-state index contributed by atoms with van der Waals surface area (Å²) in [6.07, 6.45) is 0. The first-order valence-corrected chi connectivity index (χ1v) is 7.06. The molecule has 0 bridgehead atoms. The van der Waals surface area contributed by atoms with E-state index in [-0.39, 0.29) is 0 Å². The van der Waals surface area contributed by atoms with Gasteiger partial charge in [-0.25, -0.2) is 4.98 Å². The molecule has 96 valence electrons. The van der Waals surface area contributed by atoms with Crippen LogP contribution in [0.3, 0.4) is 0 Å². The highest BCUT2D eigenvalue weighted by atomic mass is 35.5. The molecule has 0 aliphatic heterocycles. The van der Waals surface area contributed by atoms with Gasteiger partial charge in [-0.2, -0.15) is 0 Å². The fraction of sp³-hybridized carbons (Fsp3) is 0. The van der Waals surface area contributed by atoms with Crippen molar-refractivity contribution in [1.29, 1.82) is 0 Å². The van der Waals surface area contributed by atoms with Crippen molar-refractivity contribution in [2.24, 2.45) is 0 Å². The number of benzene rings is 3. The van der Waals surface area contributed by atoms with Crippen LogP contribution in [0.5, 0.6) is 0 Å². The van der Waals surface area contributed by atoms with Gasteiger partial charge in [0, 0.05) is 21.2 Å². The predicted octanol–water partition coefficient (Wildman–Crippen LogP) is 5.85. The topological polar surface area (TPSA) is 12.9 Å². The Bertz CT molecular complexity index is 977. The minimum absolute atomic E-state index is 0.492. The second-order valence-electron chi connectivity index (χ2n) is 4.78. The van der Waals surface area contributed by atoms with Gasteiger partial charge in [0.25, 0.3) is 0 Å². The SMILES string of the molecule is Clc1ccc2c(c1)c(Cl)nc1c3ccccc3ccc21. The third kappa shape index (κ3) is 1.67. The summed E-state index contributed by atoms with van der Waals surface area (Å²) >= 11 is 12.4. The zero-order valence-electron chi connectivity index (χ0n) is 10.4. The van der Waals surface area contributed by atoms with Gasteiger partial charge in [0.15, 0.2) is 0 Å². The van der Waals surface area contributed by atoms with E-state index in [0.29, 0.717) is 10.2 Å². The third-order valence-corrected chi connectivity index (χ3v) is 4.13. The van der Waals surface area contributed by atoms with Crippen molar-refractivity contribution in [2.75, 3.05) is 0 Å². The molecule has 0 aliphatic carbocycles. The lowest BCUT2D eigenvalue weighted by atomic mass is 10.0. The Morgan fingerprint density at radius 1 is 0.700 bits per heavy atom. The number of hydrogen-bond donors (Lipinski definition) is 0. The summed E-state index contributed by atoms with van der Waals surface area (Å²) in [5.41, 5.74) is 0.933. The molecule has 0 saturated heterocycles. The lowest BCUT2D eigenvalue weighted by Crippen LogP contribution is -1.86. The van der Waals surface area contributed by atoms with Gasteiger partial charge < -0.3 is 0 Å². The maximum atomic E-state index is 6.34. The standard InChI is InChI=1S/C17H9Cl2N/c18-11-6-8-13-14-7-5-10-3-1-2-4-12(10)16(14)20-17(19)15(13)9-11/h1-9H. The van der Waals surface area contributed by atoms with Gasteiger partial charge in [-0.15, -0.1) is 0 Å². The predicted molar refractivity (Wildman–Crippen MR) is 86.8 cm³/mol.